The number of hydrogen-bond donors (Lipinski definition) is 1. The highest BCUT2D eigenvalue weighted by Gasteiger charge is 2.24. The number of carbonyl (C=O) groups is 1. The molecule has 15 heavy (non-hydrogen) atoms. The third kappa shape index (κ3) is 3.79. The average Bonchev–Trinajstić information content (AvgIpc) is 2.45. The summed E-state index contributed by atoms with van der Waals surface area (Å²) in [6.45, 7) is 6.41. The van der Waals surface area contributed by atoms with Crippen molar-refractivity contribution in [3.8, 4) is 0 Å². The van der Waals surface area contributed by atoms with Crippen LogP contribution in [0.5, 0.6) is 0 Å². The fourth-order valence-corrected chi connectivity index (χ4v) is 2.30. The normalized spacial score (nSPS) is 11.5. The lowest BCUT2D eigenvalue weighted by molar-refractivity contribution is 0.198. The number of amides is 1. The van der Waals surface area contributed by atoms with Crippen molar-refractivity contribution in [1.82, 2.24) is 4.98 Å². The van der Waals surface area contributed by atoms with Crippen molar-refractivity contribution >= 4 is 38.5 Å². The molecule has 0 saturated carbocycles. The van der Waals surface area contributed by atoms with Crippen LogP contribution < -0.4 is 4.90 Å². The molecule has 0 aliphatic carbocycles. The van der Waals surface area contributed by atoms with Gasteiger partial charge in [0.1, 0.15) is 4.60 Å². The number of nitrogens with zero attached hydrogens (tertiary/aromatic N) is 2. The summed E-state index contributed by atoms with van der Waals surface area (Å²) in [7, 11) is 0. The van der Waals surface area contributed by atoms with Gasteiger partial charge >= 0.3 is 6.09 Å². The number of halogens is 1. The smallest absolute Gasteiger partial charge is 0.413 e. The number of rotatable bonds is 2. The lowest BCUT2D eigenvalue weighted by Crippen LogP contribution is -2.36. The third-order valence-electron chi connectivity index (χ3n) is 1.56. The van der Waals surface area contributed by atoms with Crippen molar-refractivity contribution in [3.63, 3.8) is 0 Å². The molecule has 0 aliphatic heterocycles. The Morgan fingerprint density at radius 3 is 2.60 bits per heavy atom. The van der Waals surface area contributed by atoms with Crippen LogP contribution in [0.4, 0.5) is 9.93 Å². The van der Waals surface area contributed by atoms with Gasteiger partial charge in [-0.1, -0.05) is 20.8 Å². The van der Waals surface area contributed by atoms with Gasteiger partial charge in [-0.3, -0.25) is 4.90 Å². The molecule has 1 N–H and O–H groups in total. The molecule has 1 rings (SSSR count). The number of hydrogen-bond acceptors (Lipinski definition) is 3. The van der Waals surface area contributed by atoms with Crippen molar-refractivity contribution in [2.24, 2.45) is 5.41 Å². The predicted octanol–water partition coefficient (Wildman–Crippen LogP) is 3.44. The molecule has 0 unspecified atom stereocenters. The summed E-state index contributed by atoms with van der Waals surface area (Å²) in [5.41, 5.74) is -0.0868. The van der Waals surface area contributed by atoms with E-state index in [9.17, 15) is 4.79 Å². The third-order valence-corrected chi connectivity index (χ3v) is 3.13. The largest absolute Gasteiger partial charge is 0.465 e. The van der Waals surface area contributed by atoms with E-state index in [0.717, 1.165) is 0 Å². The van der Waals surface area contributed by atoms with Gasteiger partial charge in [0.15, 0.2) is 5.13 Å². The molecule has 0 atom stereocenters. The minimum absolute atomic E-state index is 0.0868. The zero-order chi connectivity index (χ0) is 11.6. The van der Waals surface area contributed by atoms with E-state index in [1.807, 2.05) is 20.8 Å². The zero-order valence-corrected chi connectivity index (χ0v) is 11.2. The molecular formula is C9H13BrN2O2S. The maximum absolute atomic E-state index is 11.1. The van der Waals surface area contributed by atoms with Crippen LogP contribution in [0.3, 0.4) is 0 Å². The van der Waals surface area contributed by atoms with Gasteiger partial charge < -0.3 is 5.11 Å². The van der Waals surface area contributed by atoms with Crippen molar-refractivity contribution in [2.45, 2.75) is 20.8 Å². The Morgan fingerprint density at radius 2 is 2.27 bits per heavy atom. The second-order valence-electron chi connectivity index (χ2n) is 4.38. The molecule has 1 aromatic heterocycles. The van der Waals surface area contributed by atoms with Crippen LogP contribution in [-0.4, -0.2) is 22.7 Å². The average molecular weight is 293 g/mol. The minimum atomic E-state index is -0.966. The van der Waals surface area contributed by atoms with Crippen molar-refractivity contribution in [1.29, 1.82) is 0 Å². The predicted molar refractivity (Wildman–Crippen MR) is 64.6 cm³/mol. The molecule has 0 radical (unpaired) electrons. The van der Waals surface area contributed by atoms with E-state index >= 15 is 0 Å². The Balaban J connectivity index is 2.89. The number of anilines is 1. The van der Waals surface area contributed by atoms with Gasteiger partial charge in [-0.15, -0.1) is 11.3 Å². The maximum atomic E-state index is 11.1. The standard InChI is InChI=1S/C9H13BrN2O2S/c1-9(2,3)5-12(8(13)14)7-11-6(10)4-15-7/h4H,5H2,1-3H3,(H,13,14). The molecule has 0 bridgehead atoms. The van der Waals surface area contributed by atoms with Crippen LogP contribution >= 0.6 is 27.3 Å². The number of carboxylic acid groups (broad SMARTS) is 1. The van der Waals surface area contributed by atoms with Crippen LogP contribution in [0, 0.1) is 5.41 Å². The minimum Gasteiger partial charge on any atom is -0.465 e. The van der Waals surface area contributed by atoms with E-state index < -0.39 is 6.09 Å². The summed E-state index contributed by atoms with van der Waals surface area (Å²) in [6.07, 6.45) is -0.966. The van der Waals surface area contributed by atoms with Crippen molar-refractivity contribution < 1.29 is 9.90 Å². The zero-order valence-electron chi connectivity index (χ0n) is 8.82. The highest BCUT2D eigenvalue weighted by molar-refractivity contribution is 9.10. The van der Waals surface area contributed by atoms with Gasteiger partial charge in [0, 0.05) is 11.9 Å². The van der Waals surface area contributed by atoms with Crippen LogP contribution in [0.25, 0.3) is 0 Å². The Kier molecular flexibility index (Phi) is 3.72. The Labute approximate surface area is 101 Å². The maximum Gasteiger partial charge on any atom is 0.413 e. The summed E-state index contributed by atoms with van der Waals surface area (Å²) < 4.78 is 0.669. The van der Waals surface area contributed by atoms with Crippen molar-refractivity contribution in [3.05, 3.63) is 9.98 Å². The molecule has 1 heterocycles. The summed E-state index contributed by atoms with van der Waals surface area (Å²) >= 11 is 4.52. The Bertz CT molecular complexity index is 359. The fraction of sp³-hybridized carbons (Fsp3) is 0.556. The molecule has 1 amide bonds. The molecule has 0 saturated heterocycles. The van der Waals surface area contributed by atoms with Crippen molar-refractivity contribution in [2.75, 3.05) is 11.4 Å². The van der Waals surface area contributed by atoms with E-state index in [1.165, 1.54) is 16.2 Å². The highest BCUT2D eigenvalue weighted by Crippen LogP contribution is 2.26. The van der Waals surface area contributed by atoms with Gasteiger partial charge in [-0.2, -0.15) is 0 Å². The first-order valence-electron chi connectivity index (χ1n) is 4.41. The molecule has 0 aromatic carbocycles. The molecular weight excluding hydrogens is 280 g/mol. The van der Waals surface area contributed by atoms with Gasteiger partial charge in [0.25, 0.3) is 0 Å². The molecule has 0 aliphatic rings. The fourth-order valence-electron chi connectivity index (χ4n) is 1.06. The molecule has 84 valence electrons. The summed E-state index contributed by atoms with van der Waals surface area (Å²) in [6, 6.07) is 0. The monoisotopic (exact) mass is 292 g/mol. The summed E-state index contributed by atoms with van der Waals surface area (Å²) in [5.74, 6) is 0. The number of thiazole rings is 1. The quantitative estimate of drug-likeness (QED) is 0.908. The summed E-state index contributed by atoms with van der Waals surface area (Å²) in [4.78, 5) is 16.4. The van der Waals surface area contributed by atoms with Crippen LogP contribution in [0.15, 0.2) is 9.98 Å². The van der Waals surface area contributed by atoms with E-state index in [2.05, 4.69) is 20.9 Å². The lowest BCUT2D eigenvalue weighted by atomic mass is 9.96. The van der Waals surface area contributed by atoms with Crippen LogP contribution in [0.2, 0.25) is 0 Å². The first kappa shape index (κ1) is 12.4. The SMILES string of the molecule is CC(C)(C)CN(C(=O)O)c1nc(Br)cs1. The molecule has 0 spiro atoms. The molecule has 6 heteroatoms. The van der Waals surface area contributed by atoms with E-state index in [-0.39, 0.29) is 5.41 Å². The first-order chi connectivity index (χ1) is 6.79. The van der Waals surface area contributed by atoms with E-state index in [0.29, 0.717) is 16.3 Å². The van der Waals surface area contributed by atoms with Gasteiger partial charge in [-0.05, 0) is 21.3 Å². The molecule has 1 aromatic rings. The van der Waals surface area contributed by atoms with E-state index in [1.54, 1.807) is 5.38 Å². The lowest BCUT2D eigenvalue weighted by Gasteiger charge is -2.25. The van der Waals surface area contributed by atoms with Gasteiger partial charge in [0.05, 0.1) is 0 Å². The topological polar surface area (TPSA) is 53.4 Å². The van der Waals surface area contributed by atoms with Gasteiger partial charge in [0.2, 0.25) is 0 Å². The number of aromatic nitrogens is 1. The first-order valence-corrected chi connectivity index (χ1v) is 6.08. The highest BCUT2D eigenvalue weighted by atomic mass is 79.9. The molecule has 4 nitrogen and oxygen atoms in total. The van der Waals surface area contributed by atoms with Crippen LogP contribution in [0.1, 0.15) is 20.8 Å². The second-order valence-corrected chi connectivity index (χ2v) is 6.03. The Hall–Kier alpha value is -0.620. The second kappa shape index (κ2) is 4.49. The summed E-state index contributed by atoms with van der Waals surface area (Å²) in [5, 5.41) is 11.4. The van der Waals surface area contributed by atoms with E-state index in [4.69, 9.17) is 5.11 Å². The van der Waals surface area contributed by atoms with Gasteiger partial charge in [-0.25, -0.2) is 9.78 Å². The van der Waals surface area contributed by atoms with Crippen LogP contribution in [-0.2, 0) is 0 Å². The Morgan fingerprint density at radius 1 is 1.67 bits per heavy atom. The molecule has 0 fully saturated rings.